The molecular formula is C22H23F2N3O2. The smallest absolute Gasteiger partial charge is 0.254 e. The second-order valence-corrected chi connectivity index (χ2v) is 8.32. The molecule has 2 N–H and O–H groups in total. The highest BCUT2D eigenvalue weighted by Gasteiger charge is 2.52. The number of nitrogens with zero attached hydrogens (tertiary/aromatic N) is 2. The van der Waals surface area contributed by atoms with Crippen LogP contribution in [0.25, 0.3) is 10.9 Å². The number of amides is 1. The Balaban J connectivity index is 1.82. The summed E-state index contributed by atoms with van der Waals surface area (Å²) >= 11 is 0. The molecule has 1 fully saturated rings. The van der Waals surface area contributed by atoms with Crippen LogP contribution >= 0.6 is 0 Å². The zero-order valence-electron chi connectivity index (χ0n) is 16.6. The molecule has 1 amide bonds. The predicted octanol–water partition coefficient (Wildman–Crippen LogP) is 4.04. The van der Waals surface area contributed by atoms with Crippen molar-refractivity contribution in [2.24, 2.45) is 7.05 Å². The number of fused-ring (bicyclic) bond motifs is 1. The van der Waals surface area contributed by atoms with Crippen molar-refractivity contribution in [1.29, 1.82) is 0 Å². The van der Waals surface area contributed by atoms with Gasteiger partial charge in [-0.15, -0.1) is 5.10 Å². The highest BCUT2D eigenvalue weighted by Crippen LogP contribution is 2.53. The average molecular weight is 399 g/mol. The number of halogens is 2. The Bertz CT molecular complexity index is 1130. The van der Waals surface area contributed by atoms with Crippen molar-refractivity contribution in [2.45, 2.75) is 43.9 Å². The third-order valence-corrected chi connectivity index (χ3v) is 6.62. The van der Waals surface area contributed by atoms with E-state index in [0.29, 0.717) is 41.3 Å². The van der Waals surface area contributed by atoms with Crippen LogP contribution in [-0.2, 0) is 22.7 Å². The van der Waals surface area contributed by atoms with Crippen LogP contribution in [0.1, 0.15) is 42.9 Å². The Morgan fingerprint density at radius 2 is 2.00 bits per heavy atom. The molecule has 152 valence electrons. The molecule has 0 radical (unpaired) electrons. The number of hydroxylamine groups is 1. The fourth-order valence-corrected chi connectivity index (χ4v) is 4.95. The van der Waals surface area contributed by atoms with Gasteiger partial charge < -0.3 is 0 Å². The molecule has 2 unspecified atom stereocenters. The molecule has 5 nitrogen and oxygen atoms in total. The minimum absolute atomic E-state index is 0.381. The monoisotopic (exact) mass is 399 g/mol. The third-order valence-electron chi connectivity index (χ3n) is 6.62. The summed E-state index contributed by atoms with van der Waals surface area (Å²) in [5, 5.41) is 13.7. The molecule has 1 aromatic heterocycles. The van der Waals surface area contributed by atoms with E-state index in [1.54, 1.807) is 37.7 Å². The zero-order chi connectivity index (χ0) is 21.0. The first-order valence-corrected chi connectivity index (χ1v) is 9.55. The van der Waals surface area contributed by atoms with E-state index in [2.05, 4.69) is 5.10 Å². The molecule has 1 aliphatic rings. The number of rotatable bonds is 3. The molecule has 2 aromatic carbocycles. The number of hydrogen-bond donors (Lipinski definition) is 2. The van der Waals surface area contributed by atoms with Crippen LogP contribution in [-0.4, -0.2) is 20.9 Å². The SMILES string of the molecule is Cc1c(F)cccc1C1(C(=O)NO)CCC(C)(c2ccc3c(F)nn(C)c3c2)C1. The standard InChI is InChI=1S/C22H23F2N3O2/c1-13-16(5-4-6-17(13)23)22(20(28)26-29)10-9-21(2,12-22)14-7-8-15-18(11-14)27(3)25-19(15)24/h4-8,11,29H,9-10,12H2,1-3H3,(H,26,28). The maximum absolute atomic E-state index is 14.3. The fraction of sp³-hybridized carbons (Fsp3) is 0.364. The summed E-state index contributed by atoms with van der Waals surface area (Å²) in [6.07, 6.45) is 1.50. The van der Waals surface area contributed by atoms with E-state index in [1.165, 1.54) is 10.7 Å². The normalized spacial score (nSPS) is 24.2. The molecule has 1 saturated carbocycles. The number of carbonyl (C=O) groups is 1. The Kier molecular flexibility index (Phi) is 4.46. The van der Waals surface area contributed by atoms with Gasteiger partial charge in [0.25, 0.3) is 5.91 Å². The largest absolute Gasteiger partial charge is 0.289 e. The van der Waals surface area contributed by atoms with Crippen LogP contribution < -0.4 is 5.48 Å². The number of aromatic nitrogens is 2. The maximum atomic E-state index is 14.3. The lowest BCUT2D eigenvalue weighted by atomic mass is 9.71. The summed E-state index contributed by atoms with van der Waals surface area (Å²) in [5.74, 6) is -1.44. The number of nitrogens with one attached hydrogen (secondary N) is 1. The molecule has 0 bridgehead atoms. The van der Waals surface area contributed by atoms with Gasteiger partial charge in [-0.05, 0) is 66.5 Å². The van der Waals surface area contributed by atoms with Crippen LogP contribution in [0.2, 0.25) is 0 Å². The van der Waals surface area contributed by atoms with Crippen molar-refractivity contribution < 1.29 is 18.8 Å². The quantitative estimate of drug-likeness (QED) is 0.516. The summed E-state index contributed by atoms with van der Waals surface area (Å²) in [6.45, 7) is 3.69. The molecule has 29 heavy (non-hydrogen) atoms. The van der Waals surface area contributed by atoms with Crippen molar-refractivity contribution in [1.82, 2.24) is 15.3 Å². The molecule has 0 saturated heterocycles. The van der Waals surface area contributed by atoms with Gasteiger partial charge in [0.15, 0.2) is 0 Å². The molecule has 1 heterocycles. The highest BCUT2D eigenvalue weighted by atomic mass is 19.1. The first-order valence-electron chi connectivity index (χ1n) is 9.55. The molecular weight excluding hydrogens is 376 g/mol. The second-order valence-electron chi connectivity index (χ2n) is 8.32. The molecule has 2 atom stereocenters. The van der Waals surface area contributed by atoms with Crippen LogP contribution in [0.5, 0.6) is 0 Å². The van der Waals surface area contributed by atoms with Gasteiger partial charge in [0.1, 0.15) is 5.82 Å². The molecule has 4 rings (SSSR count). The number of carbonyl (C=O) groups excluding carboxylic acids is 1. The van der Waals surface area contributed by atoms with Gasteiger partial charge in [0, 0.05) is 7.05 Å². The lowest BCUT2D eigenvalue weighted by Gasteiger charge is -2.32. The highest BCUT2D eigenvalue weighted by molar-refractivity contribution is 5.89. The minimum Gasteiger partial charge on any atom is -0.289 e. The van der Waals surface area contributed by atoms with Gasteiger partial charge in [-0.25, -0.2) is 9.87 Å². The second kappa shape index (κ2) is 6.62. The van der Waals surface area contributed by atoms with E-state index < -0.39 is 22.7 Å². The van der Waals surface area contributed by atoms with E-state index in [9.17, 15) is 18.8 Å². The Morgan fingerprint density at radius 1 is 1.24 bits per heavy atom. The van der Waals surface area contributed by atoms with E-state index >= 15 is 0 Å². The summed E-state index contributed by atoms with van der Waals surface area (Å²) in [6, 6.07) is 10.2. The first kappa shape index (κ1) is 19.5. The Labute approximate surface area is 167 Å². The zero-order valence-corrected chi connectivity index (χ0v) is 16.6. The minimum atomic E-state index is -1.05. The van der Waals surface area contributed by atoms with Crippen LogP contribution in [0.4, 0.5) is 8.78 Å². The van der Waals surface area contributed by atoms with Gasteiger partial charge in [-0.1, -0.05) is 25.1 Å². The van der Waals surface area contributed by atoms with Crippen molar-refractivity contribution in [2.75, 3.05) is 0 Å². The van der Waals surface area contributed by atoms with Crippen molar-refractivity contribution in [3.05, 3.63) is 64.9 Å². The lowest BCUT2D eigenvalue weighted by Crippen LogP contribution is -2.43. The number of aryl methyl sites for hydroxylation is 1. The van der Waals surface area contributed by atoms with Crippen molar-refractivity contribution in [3.63, 3.8) is 0 Å². The summed E-state index contributed by atoms with van der Waals surface area (Å²) in [7, 11) is 1.69. The Hall–Kier alpha value is -2.80. The van der Waals surface area contributed by atoms with Gasteiger partial charge in [0.2, 0.25) is 5.95 Å². The number of benzene rings is 2. The molecule has 1 aliphatic carbocycles. The first-order chi connectivity index (χ1) is 13.7. The van der Waals surface area contributed by atoms with Crippen LogP contribution in [0.15, 0.2) is 36.4 Å². The van der Waals surface area contributed by atoms with Gasteiger partial charge in [0.05, 0.1) is 16.3 Å². The van der Waals surface area contributed by atoms with E-state index in [4.69, 9.17) is 0 Å². The van der Waals surface area contributed by atoms with Gasteiger partial charge >= 0.3 is 0 Å². The van der Waals surface area contributed by atoms with Gasteiger partial charge in [-0.2, -0.15) is 4.39 Å². The predicted molar refractivity (Wildman–Crippen MR) is 105 cm³/mol. The molecule has 0 aliphatic heterocycles. The van der Waals surface area contributed by atoms with E-state index in [-0.39, 0.29) is 5.82 Å². The summed E-state index contributed by atoms with van der Waals surface area (Å²) in [4.78, 5) is 12.8. The molecule has 0 spiro atoms. The average Bonchev–Trinajstić information content (AvgIpc) is 3.22. The molecule has 7 heteroatoms. The van der Waals surface area contributed by atoms with Crippen molar-refractivity contribution in [3.8, 4) is 0 Å². The fourth-order valence-electron chi connectivity index (χ4n) is 4.95. The molecule has 3 aromatic rings. The topological polar surface area (TPSA) is 67.2 Å². The van der Waals surface area contributed by atoms with E-state index in [1.807, 2.05) is 19.1 Å². The summed E-state index contributed by atoms with van der Waals surface area (Å²) < 4.78 is 29.7. The van der Waals surface area contributed by atoms with E-state index in [0.717, 1.165) is 5.56 Å². The van der Waals surface area contributed by atoms with Crippen molar-refractivity contribution >= 4 is 16.8 Å². The maximum Gasteiger partial charge on any atom is 0.254 e. The summed E-state index contributed by atoms with van der Waals surface area (Å²) in [5.41, 5.74) is 2.95. The third kappa shape index (κ3) is 2.83. The lowest BCUT2D eigenvalue weighted by molar-refractivity contribution is -0.135. The van der Waals surface area contributed by atoms with Gasteiger partial charge in [-0.3, -0.25) is 14.7 Å². The van der Waals surface area contributed by atoms with Crippen LogP contribution in [0.3, 0.4) is 0 Å². The van der Waals surface area contributed by atoms with Crippen LogP contribution in [0, 0.1) is 18.7 Å². The number of hydrogen-bond acceptors (Lipinski definition) is 3. The Morgan fingerprint density at radius 3 is 2.72 bits per heavy atom.